The maximum atomic E-state index is 12.6. The average Bonchev–Trinajstić information content (AvgIpc) is 3.12. The van der Waals surface area contributed by atoms with Gasteiger partial charge in [-0.15, -0.1) is 11.6 Å². The summed E-state index contributed by atoms with van der Waals surface area (Å²) in [6, 6.07) is 3.91. The number of aliphatic hydroxyl groups excluding tert-OH is 5. The van der Waals surface area contributed by atoms with Gasteiger partial charge in [-0.05, 0) is 29.8 Å². The maximum absolute atomic E-state index is 12.6. The number of carbonyl (C=O) groups is 1. The van der Waals surface area contributed by atoms with Gasteiger partial charge in [0.25, 0.3) is 0 Å². The zero-order valence-corrected chi connectivity index (χ0v) is 20.5. The highest BCUT2D eigenvalue weighted by molar-refractivity contribution is 6.22. The van der Waals surface area contributed by atoms with Gasteiger partial charge < -0.3 is 59.8 Å². The van der Waals surface area contributed by atoms with Crippen LogP contribution in [-0.4, -0.2) is 114 Å². The Bertz CT molecular complexity index is 1060. The molecule has 8 N–H and O–H groups in total. The zero-order valence-electron chi connectivity index (χ0n) is 19.7. The minimum atomic E-state index is -2.10. The van der Waals surface area contributed by atoms with Crippen LogP contribution in [0.2, 0.25) is 0 Å². The second-order valence-corrected chi connectivity index (χ2v) is 9.77. The van der Waals surface area contributed by atoms with Crippen molar-refractivity contribution < 1.29 is 64.6 Å². The molecule has 38 heavy (non-hydrogen) atoms. The first-order chi connectivity index (χ1) is 18.0. The van der Waals surface area contributed by atoms with Crippen LogP contribution in [0.15, 0.2) is 36.6 Å². The highest BCUT2D eigenvalue weighted by Gasteiger charge is 2.65. The van der Waals surface area contributed by atoms with E-state index in [1.165, 1.54) is 36.6 Å². The number of halogens is 1. The van der Waals surface area contributed by atoms with E-state index in [0.29, 0.717) is 5.56 Å². The lowest BCUT2D eigenvalue weighted by Crippen LogP contribution is -2.61. The lowest BCUT2D eigenvalue weighted by molar-refractivity contribution is -0.347. The third-order valence-corrected chi connectivity index (χ3v) is 7.60. The van der Waals surface area contributed by atoms with E-state index in [1.54, 1.807) is 0 Å². The molecule has 1 aliphatic carbocycles. The summed E-state index contributed by atoms with van der Waals surface area (Å²) in [6.07, 6.45) is -5.55. The Kier molecular flexibility index (Phi) is 8.52. The van der Waals surface area contributed by atoms with Crippen molar-refractivity contribution in [1.29, 1.82) is 0 Å². The van der Waals surface area contributed by atoms with Crippen molar-refractivity contribution in [2.24, 2.45) is 11.8 Å². The number of fused-ring (bicyclic) bond motifs is 1. The molecule has 0 amide bonds. The van der Waals surface area contributed by atoms with Crippen molar-refractivity contribution in [3.8, 4) is 11.5 Å². The topological polar surface area (TPSA) is 216 Å². The molecule has 0 radical (unpaired) electrons. The number of hydrogen-bond acceptors (Lipinski definition) is 13. The van der Waals surface area contributed by atoms with E-state index < -0.39 is 85.1 Å². The van der Waals surface area contributed by atoms with Gasteiger partial charge in [-0.25, -0.2) is 4.79 Å². The Morgan fingerprint density at radius 3 is 2.47 bits per heavy atom. The molecule has 0 bridgehead atoms. The normalized spacial score (nSPS) is 40.6. The summed E-state index contributed by atoms with van der Waals surface area (Å²) in [4.78, 5) is 12.6. The van der Waals surface area contributed by atoms with Crippen LogP contribution in [0.25, 0.3) is 6.08 Å². The van der Waals surface area contributed by atoms with Crippen molar-refractivity contribution in [1.82, 2.24) is 0 Å². The number of rotatable bonds is 7. The summed E-state index contributed by atoms with van der Waals surface area (Å²) in [5.41, 5.74) is -1.72. The molecule has 3 aliphatic rings. The average molecular weight is 561 g/mol. The van der Waals surface area contributed by atoms with Gasteiger partial charge in [-0.2, -0.15) is 0 Å². The molecule has 1 saturated heterocycles. The fraction of sp³-hybridized carbons (Fsp3) is 0.542. The van der Waals surface area contributed by atoms with Crippen LogP contribution >= 0.6 is 11.6 Å². The molecule has 2 fully saturated rings. The number of ether oxygens (including phenoxy) is 4. The van der Waals surface area contributed by atoms with E-state index in [4.69, 9.17) is 30.5 Å². The summed E-state index contributed by atoms with van der Waals surface area (Å²) in [5.74, 6) is -3.57. The lowest BCUT2D eigenvalue weighted by atomic mass is 9.84. The van der Waals surface area contributed by atoms with Crippen molar-refractivity contribution in [3.63, 3.8) is 0 Å². The van der Waals surface area contributed by atoms with Gasteiger partial charge in [-0.1, -0.05) is 6.07 Å². The number of alkyl halides is 1. The van der Waals surface area contributed by atoms with E-state index >= 15 is 0 Å². The number of esters is 1. The zero-order chi connectivity index (χ0) is 27.8. The Morgan fingerprint density at radius 1 is 1.08 bits per heavy atom. The second kappa shape index (κ2) is 11.3. The van der Waals surface area contributed by atoms with Crippen LogP contribution in [-0.2, 0) is 23.7 Å². The minimum Gasteiger partial charge on any atom is -0.504 e. The maximum Gasteiger partial charge on any atom is 0.331 e. The van der Waals surface area contributed by atoms with Gasteiger partial charge >= 0.3 is 5.97 Å². The Morgan fingerprint density at radius 2 is 1.82 bits per heavy atom. The molecule has 2 aliphatic heterocycles. The van der Waals surface area contributed by atoms with E-state index in [0.717, 1.165) is 6.08 Å². The van der Waals surface area contributed by atoms with Gasteiger partial charge in [0.05, 0.1) is 25.4 Å². The van der Waals surface area contributed by atoms with E-state index in [1.807, 2.05) is 0 Å². The molecule has 210 valence electrons. The smallest absolute Gasteiger partial charge is 0.331 e. The van der Waals surface area contributed by atoms with E-state index in [9.17, 15) is 45.6 Å². The van der Waals surface area contributed by atoms with Crippen molar-refractivity contribution in [2.45, 2.75) is 54.1 Å². The van der Waals surface area contributed by atoms with Crippen LogP contribution in [0, 0.1) is 11.8 Å². The second-order valence-electron chi connectivity index (χ2n) is 9.30. The largest absolute Gasteiger partial charge is 0.504 e. The Labute approximate surface area is 221 Å². The van der Waals surface area contributed by atoms with Crippen LogP contribution < -0.4 is 0 Å². The fourth-order valence-corrected chi connectivity index (χ4v) is 5.32. The SMILES string of the molecule is O=C(/C=C/c1ccc(O)c(O)c1)O[C@H]1[C@@H]2C=CO[C@@H](O[C@@H]3O[C@H](CO)[C@@H](O)[C@H](O)[C@H]3O)[C@@H]2[C@](O)(CO)[C@@H]1Cl. The number of benzene rings is 1. The van der Waals surface area contributed by atoms with Crippen LogP contribution in [0.4, 0.5) is 0 Å². The molecule has 2 heterocycles. The monoisotopic (exact) mass is 560 g/mol. The van der Waals surface area contributed by atoms with Gasteiger partial charge in [0.1, 0.15) is 41.5 Å². The highest BCUT2D eigenvalue weighted by atomic mass is 35.5. The molecule has 0 unspecified atom stereocenters. The lowest BCUT2D eigenvalue weighted by Gasteiger charge is -2.43. The van der Waals surface area contributed by atoms with Gasteiger partial charge in [0.2, 0.25) is 6.29 Å². The molecule has 0 aromatic heterocycles. The third-order valence-electron chi connectivity index (χ3n) is 6.98. The highest BCUT2D eigenvalue weighted by Crippen LogP contribution is 2.50. The van der Waals surface area contributed by atoms with E-state index in [2.05, 4.69) is 0 Å². The van der Waals surface area contributed by atoms with Crippen molar-refractivity contribution in [2.75, 3.05) is 13.2 Å². The molecule has 14 heteroatoms. The van der Waals surface area contributed by atoms with Crippen LogP contribution in [0.5, 0.6) is 11.5 Å². The van der Waals surface area contributed by atoms with Crippen molar-refractivity contribution >= 4 is 23.6 Å². The molecule has 1 aromatic rings. The van der Waals surface area contributed by atoms with Crippen molar-refractivity contribution in [3.05, 3.63) is 42.2 Å². The van der Waals surface area contributed by atoms with Crippen LogP contribution in [0.1, 0.15) is 5.56 Å². The first kappa shape index (κ1) is 28.5. The molecule has 1 saturated carbocycles. The molecule has 1 aromatic carbocycles. The number of aliphatic hydroxyl groups is 6. The molecular formula is C24H29ClO13. The summed E-state index contributed by atoms with van der Waals surface area (Å²) >= 11 is 6.48. The Hall–Kier alpha value is -2.46. The van der Waals surface area contributed by atoms with Crippen LogP contribution in [0.3, 0.4) is 0 Å². The summed E-state index contributed by atoms with van der Waals surface area (Å²) < 4.78 is 22.0. The number of phenols is 2. The third kappa shape index (κ3) is 5.21. The molecular weight excluding hydrogens is 532 g/mol. The standard InChI is InChI=1S/C24H29ClO13/c25-21-20(37-15(30)4-2-10-1-3-12(28)13(29)7-10)11-5-6-35-22(16(11)24(21,34)9-27)38-23-19(33)18(32)17(31)14(8-26)36-23/h1-7,11,14,16-23,26-29,31-34H,8-9H2/b4-2+/t11-,14-,16-,17-,18+,19-,20+,21-,22+,23+,24-/m1/s1. The molecule has 11 atom stereocenters. The minimum absolute atomic E-state index is 0.332. The number of phenolic OH excluding ortho intramolecular Hbond substituents is 2. The predicted octanol–water partition coefficient (Wildman–Crippen LogP) is -1.71. The Balaban J connectivity index is 1.52. The number of carbonyl (C=O) groups excluding carboxylic acids is 1. The summed E-state index contributed by atoms with van der Waals surface area (Å²) in [6.45, 7) is -1.58. The quantitative estimate of drug-likeness (QED) is 0.0807. The number of hydrogen-bond donors (Lipinski definition) is 8. The molecule has 0 spiro atoms. The van der Waals surface area contributed by atoms with Gasteiger partial charge in [0, 0.05) is 12.0 Å². The molecule has 13 nitrogen and oxygen atoms in total. The van der Waals surface area contributed by atoms with Gasteiger partial charge in [-0.3, -0.25) is 0 Å². The van der Waals surface area contributed by atoms with E-state index in [-0.39, 0.29) is 11.5 Å². The van der Waals surface area contributed by atoms with Gasteiger partial charge in [0.15, 0.2) is 17.8 Å². The summed E-state index contributed by atoms with van der Waals surface area (Å²) in [7, 11) is 0. The predicted molar refractivity (Wildman–Crippen MR) is 126 cm³/mol. The summed E-state index contributed by atoms with van der Waals surface area (Å²) in [5, 5.41) is 78.8. The molecule has 4 rings (SSSR count). The fourth-order valence-electron chi connectivity index (χ4n) is 4.89. The number of aromatic hydroxyl groups is 2. The first-order valence-electron chi connectivity index (χ1n) is 11.7. The first-order valence-corrected chi connectivity index (χ1v) is 12.1.